The van der Waals surface area contributed by atoms with Crippen molar-refractivity contribution in [2.24, 2.45) is 0 Å². The SMILES string of the molecule is CN(Cc1cccc([N+](=O)[O-])c1)C(=O)c1ccnc(Br)c1. The van der Waals surface area contributed by atoms with Crippen molar-refractivity contribution < 1.29 is 9.72 Å². The van der Waals surface area contributed by atoms with Crippen molar-refractivity contribution in [2.45, 2.75) is 6.54 Å². The largest absolute Gasteiger partial charge is 0.337 e. The number of nitrogens with zero attached hydrogens (tertiary/aromatic N) is 3. The number of hydrogen-bond donors (Lipinski definition) is 0. The van der Waals surface area contributed by atoms with Crippen molar-refractivity contribution in [3.05, 3.63) is 68.4 Å². The van der Waals surface area contributed by atoms with E-state index in [0.29, 0.717) is 22.3 Å². The topological polar surface area (TPSA) is 76.3 Å². The van der Waals surface area contributed by atoms with Crippen LogP contribution in [0.5, 0.6) is 0 Å². The molecule has 1 aromatic carbocycles. The Morgan fingerprint density at radius 1 is 1.38 bits per heavy atom. The average Bonchev–Trinajstić information content (AvgIpc) is 2.46. The lowest BCUT2D eigenvalue weighted by molar-refractivity contribution is -0.384. The van der Waals surface area contributed by atoms with Gasteiger partial charge in [0.1, 0.15) is 4.60 Å². The summed E-state index contributed by atoms with van der Waals surface area (Å²) in [5, 5.41) is 10.7. The van der Waals surface area contributed by atoms with Gasteiger partial charge in [-0.2, -0.15) is 0 Å². The van der Waals surface area contributed by atoms with Gasteiger partial charge < -0.3 is 4.90 Å². The van der Waals surface area contributed by atoms with Crippen LogP contribution >= 0.6 is 15.9 Å². The number of carbonyl (C=O) groups is 1. The Bertz CT molecular complexity index is 691. The number of nitro groups is 1. The third kappa shape index (κ3) is 3.85. The molecule has 0 spiro atoms. The zero-order chi connectivity index (χ0) is 15.4. The van der Waals surface area contributed by atoms with Crippen LogP contribution in [0.1, 0.15) is 15.9 Å². The first kappa shape index (κ1) is 15.1. The quantitative estimate of drug-likeness (QED) is 0.483. The van der Waals surface area contributed by atoms with E-state index in [9.17, 15) is 14.9 Å². The van der Waals surface area contributed by atoms with Gasteiger partial charge in [-0.05, 0) is 33.6 Å². The van der Waals surface area contributed by atoms with Crippen LogP contribution in [0.25, 0.3) is 0 Å². The summed E-state index contributed by atoms with van der Waals surface area (Å²) in [6.07, 6.45) is 1.54. The molecule has 2 rings (SSSR count). The lowest BCUT2D eigenvalue weighted by Gasteiger charge is -2.17. The standard InChI is InChI=1S/C14H12BrN3O3/c1-17(14(19)11-5-6-16-13(15)8-11)9-10-3-2-4-12(7-10)18(20)21/h2-8H,9H2,1H3. The molecule has 0 saturated carbocycles. The fourth-order valence-electron chi connectivity index (χ4n) is 1.87. The molecule has 0 unspecified atom stereocenters. The van der Waals surface area contributed by atoms with Gasteiger partial charge in [0.25, 0.3) is 11.6 Å². The van der Waals surface area contributed by atoms with Gasteiger partial charge >= 0.3 is 0 Å². The Morgan fingerprint density at radius 2 is 2.14 bits per heavy atom. The number of halogens is 1. The molecule has 1 aromatic heterocycles. The molecule has 1 heterocycles. The van der Waals surface area contributed by atoms with Crippen LogP contribution in [0.15, 0.2) is 47.2 Å². The van der Waals surface area contributed by atoms with Crippen molar-refractivity contribution in [3.8, 4) is 0 Å². The van der Waals surface area contributed by atoms with Crippen molar-refractivity contribution in [1.29, 1.82) is 0 Å². The average molecular weight is 350 g/mol. The van der Waals surface area contributed by atoms with E-state index < -0.39 is 4.92 Å². The molecule has 108 valence electrons. The van der Waals surface area contributed by atoms with Crippen LogP contribution in [0.2, 0.25) is 0 Å². The predicted molar refractivity (Wildman–Crippen MR) is 80.8 cm³/mol. The van der Waals surface area contributed by atoms with E-state index in [0.717, 1.165) is 0 Å². The van der Waals surface area contributed by atoms with Gasteiger partial charge in [0.05, 0.1) is 4.92 Å². The highest BCUT2D eigenvalue weighted by Crippen LogP contribution is 2.16. The summed E-state index contributed by atoms with van der Waals surface area (Å²) in [6.45, 7) is 0.292. The lowest BCUT2D eigenvalue weighted by atomic mass is 10.1. The van der Waals surface area contributed by atoms with E-state index >= 15 is 0 Å². The zero-order valence-corrected chi connectivity index (χ0v) is 12.8. The van der Waals surface area contributed by atoms with E-state index in [2.05, 4.69) is 20.9 Å². The maximum atomic E-state index is 12.3. The molecule has 0 radical (unpaired) electrons. The number of benzene rings is 1. The van der Waals surface area contributed by atoms with Gasteiger partial charge in [0.15, 0.2) is 0 Å². The molecule has 0 bridgehead atoms. The second-order valence-electron chi connectivity index (χ2n) is 4.46. The fraction of sp³-hybridized carbons (Fsp3) is 0.143. The van der Waals surface area contributed by atoms with Crippen molar-refractivity contribution >= 4 is 27.5 Å². The summed E-state index contributed by atoms with van der Waals surface area (Å²) in [5.41, 5.74) is 1.22. The zero-order valence-electron chi connectivity index (χ0n) is 11.2. The van der Waals surface area contributed by atoms with Crippen LogP contribution in [0.4, 0.5) is 5.69 Å². The summed E-state index contributed by atoms with van der Waals surface area (Å²) >= 11 is 3.22. The third-order valence-electron chi connectivity index (χ3n) is 2.86. The number of nitro benzene ring substituents is 1. The Morgan fingerprint density at radius 3 is 2.81 bits per heavy atom. The normalized spacial score (nSPS) is 10.2. The Labute approximate surface area is 129 Å². The summed E-state index contributed by atoms with van der Waals surface area (Å²) in [4.78, 5) is 28.0. The van der Waals surface area contributed by atoms with E-state index in [1.807, 2.05) is 0 Å². The number of non-ortho nitro benzene ring substituents is 1. The fourth-order valence-corrected chi connectivity index (χ4v) is 2.23. The molecule has 0 aliphatic carbocycles. The highest BCUT2D eigenvalue weighted by molar-refractivity contribution is 9.10. The molecule has 0 N–H and O–H groups in total. The van der Waals surface area contributed by atoms with Crippen LogP contribution in [0.3, 0.4) is 0 Å². The summed E-state index contributed by atoms with van der Waals surface area (Å²) < 4.78 is 0.581. The Kier molecular flexibility index (Phi) is 4.64. The van der Waals surface area contributed by atoms with Crippen molar-refractivity contribution in [3.63, 3.8) is 0 Å². The minimum absolute atomic E-state index is 0.0139. The van der Waals surface area contributed by atoms with Crippen molar-refractivity contribution in [2.75, 3.05) is 7.05 Å². The highest BCUT2D eigenvalue weighted by Gasteiger charge is 2.14. The molecule has 7 heteroatoms. The number of carbonyl (C=O) groups excluding carboxylic acids is 1. The van der Waals surface area contributed by atoms with Crippen LogP contribution < -0.4 is 0 Å². The monoisotopic (exact) mass is 349 g/mol. The first-order valence-corrected chi connectivity index (χ1v) is 6.87. The van der Waals surface area contributed by atoms with Gasteiger partial charge in [-0.15, -0.1) is 0 Å². The first-order chi connectivity index (χ1) is 9.97. The maximum Gasteiger partial charge on any atom is 0.269 e. The summed E-state index contributed by atoms with van der Waals surface area (Å²) in [7, 11) is 1.65. The van der Waals surface area contributed by atoms with Crippen LogP contribution in [0, 0.1) is 10.1 Å². The number of amides is 1. The first-order valence-electron chi connectivity index (χ1n) is 6.07. The third-order valence-corrected chi connectivity index (χ3v) is 3.30. The molecule has 6 nitrogen and oxygen atoms in total. The number of rotatable bonds is 4. The highest BCUT2D eigenvalue weighted by atomic mass is 79.9. The van der Waals surface area contributed by atoms with E-state index in [1.54, 1.807) is 37.5 Å². The number of hydrogen-bond acceptors (Lipinski definition) is 4. The maximum absolute atomic E-state index is 12.3. The minimum atomic E-state index is -0.453. The number of aromatic nitrogens is 1. The predicted octanol–water partition coefficient (Wildman–Crippen LogP) is 3.02. The van der Waals surface area contributed by atoms with Crippen molar-refractivity contribution in [1.82, 2.24) is 9.88 Å². The van der Waals surface area contributed by atoms with Gasteiger partial charge in [-0.1, -0.05) is 12.1 Å². The van der Waals surface area contributed by atoms with Gasteiger partial charge in [0.2, 0.25) is 0 Å². The van der Waals surface area contributed by atoms with Crippen LogP contribution in [-0.4, -0.2) is 27.8 Å². The molecule has 0 fully saturated rings. The van der Waals surface area contributed by atoms with E-state index in [-0.39, 0.29) is 11.6 Å². The number of pyridine rings is 1. The molecular formula is C14H12BrN3O3. The van der Waals surface area contributed by atoms with Gasteiger partial charge in [-0.3, -0.25) is 14.9 Å². The molecule has 0 saturated heterocycles. The molecule has 0 aliphatic rings. The molecular weight excluding hydrogens is 338 g/mol. The summed E-state index contributed by atoms with van der Waals surface area (Å²) in [6, 6.07) is 9.49. The van der Waals surface area contributed by atoms with Gasteiger partial charge in [-0.25, -0.2) is 4.98 Å². The molecule has 0 aliphatic heterocycles. The Hall–Kier alpha value is -2.28. The van der Waals surface area contributed by atoms with Crippen LogP contribution in [-0.2, 0) is 6.54 Å². The molecule has 2 aromatic rings. The second-order valence-corrected chi connectivity index (χ2v) is 5.27. The van der Waals surface area contributed by atoms with E-state index in [1.165, 1.54) is 17.0 Å². The molecule has 21 heavy (non-hydrogen) atoms. The minimum Gasteiger partial charge on any atom is -0.337 e. The van der Waals surface area contributed by atoms with Gasteiger partial charge in [0, 0.05) is 37.5 Å². The molecule has 1 amide bonds. The Balaban J connectivity index is 2.14. The van der Waals surface area contributed by atoms with E-state index in [4.69, 9.17) is 0 Å². The summed E-state index contributed by atoms with van der Waals surface area (Å²) in [5.74, 6) is -0.176. The lowest BCUT2D eigenvalue weighted by Crippen LogP contribution is -2.26. The second kappa shape index (κ2) is 6.45. The smallest absolute Gasteiger partial charge is 0.269 e. The molecule has 0 atom stereocenters.